The zero-order valence-electron chi connectivity index (χ0n) is 13.6. The Morgan fingerprint density at radius 1 is 1.33 bits per heavy atom. The van der Waals surface area contributed by atoms with Gasteiger partial charge in [-0.15, -0.1) is 0 Å². The van der Waals surface area contributed by atoms with Crippen LogP contribution >= 0.6 is 11.8 Å². The lowest BCUT2D eigenvalue weighted by molar-refractivity contribution is -0.134. The predicted octanol–water partition coefficient (Wildman–Crippen LogP) is 3.49. The molecule has 1 fully saturated rings. The molecule has 0 saturated heterocycles. The molecule has 1 aliphatic carbocycles. The van der Waals surface area contributed by atoms with Crippen molar-refractivity contribution in [3.8, 4) is 0 Å². The van der Waals surface area contributed by atoms with E-state index >= 15 is 0 Å². The highest BCUT2D eigenvalue weighted by Gasteiger charge is 2.38. The van der Waals surface area contributed by atoms with Crippen LogP contribution in [0.2, 0.25) is 0 Å². The molecule has 0 spiro atoms. The van der Waals surface area contributed by atoms with E-state index in [0.717, 1.165) is 12.8 Å². The molecule has 4 nitrogen and oxygen atoms in total. The van der Waals surface area contributed by atoms with Crippen molar-refractivity contribution < 1.29 is 14.4 Å². The monoisotopic (exact) mass is 313 g/mol. The molecule has 0 N–H and O–H groups in total. The first-order valence-corrected chi connectivity index (χ1v) is 9.09. The van der Waals surface area contributed by atoms with Gasteiger partial charge in [0.25, 0.3) is 0 Å². The van der Waals surface area contributed by atoms with Crippen LogP contribution in [-0.4, -0.2) is 35.4 Å². The van der Waals surface area contributed by atoms with Gasteiger partial charge in [0, 0.05) is 18.1 Å². The molecule has 1 aliphatic rings. The predicted molar refractivity (Wildman–Crippen MR) is 87.8 cm³/mol. The third-order valence-electron chi connectivity index (χ3n) is 3.84. The van der Waals surface area contributed by atoms with Gasteiger partial charge in [0.1, 0.15) is 24.1 Å². The van der Waals surface area contributed by atoms with Gasteiger partial charge in [-0.2, -0.15) is 11.8 Å². The molecule has 0 bridgehead atoms. The Hall–Kier alpha value is -0.840. The van der Waals surface area contributed by atoms with Gasteiger partial charge in [0.15, 0.2) is 0 Å². The first-order chi connectivity index (χ1) is 10.0. The van der Waals surface area contributed by atoms with Gasteiger partial charge in [-0.05, 0) is 31.9 Å². The third-order valence-corrected chi connectivity index (χ3v) is 4.84. The Morgan fingerprint density at radius 2 is 1.95 bits per heavy atom. The quantitative estimate of drug-likeness (QED) is 0.391. The van der Waals surface area contributed by atoms with Gasteiger partial charge < -0.3 is 4.84 Å². The van der Waals surface area contributed by atoms with Gasteiger partial charge in [0.2, 0.25) is 0 Å². The SMILES string of the molecule is CCCC(=NOCC)C1C(=O)CC(CC(C)SC)CC1=O. The fraction of sp³-hybridized carbons (Fsp3) is 0.812. The smallest absolute Gasteiger partial charge is 0.149 e. The number of thioether (sulfide) groups is 1. The van der Waals surface area contributed by atoms with E-state index in [2.05, 4.69) is 18.3 Å². The van der Waals surface area contributed by atoms with E-state index in [1.165, 1.54) is 0 Å². The summed E-state index contributed by atoms with van der Waals surface area (Å²) in [5.74, 6) is -0.413. The summed E-state index contributed by atoms with van der Waals surface area (Å²) in [5.41, 5.74) is 0.616. The van der Waals surface area contributed by atoms with Crippen LogP contribution < -0.4 is 0 Å². The van der Waals surface area contributed by atoms with Crippen LogP contribution in [0.4, 0.5) is 0 Å². The molecule has 1 rings (SSSR count). The van der Waals surface area contributed by atoms with Crippen molar-refractivity contribution in [1.82, 2.24) is 0 Å². The minimum atomic E-state index is -0.655. The number of hydrogen-bond acceptors (Lipinski definition) is 5. The molecule has 1 saturated carbocycles. The fourth-order valence-corrected chi connectivity index (χ4v) is 3.27. The van der Waals surface area contributed by atoms with Crippen LogP contribution in [0.15, 0.2) is 5.16 Å². The minimum absolute atomic E-state index is 0.0245. The highest BCUT2D eigenvalue weighted by atomic mass is 32.2. The van der Waals surface area contributed by atoms with E-state index in [4.69, 9.17) is 4.84 Å². The molecule has 0 aromatic carbocycles. The van der Waals surface area contributed by atoms with Crippen molar-refractivity contribution >= 4 is 29.0 Å². The Kier molecular flexibility index (Phi) is 8.01. The van der Waals surface area contributed by atoms with Crippen molar-refractivity contribution in [3.05, 3.63) is 0 Å². The lowest BCUT2D eigenvalue weighted by Gasteiger charge is -2.28. The number of nitrogens with zero attached hydrogens (tertiary/aromatic N) is 1. The number of Topliss-reactive ketones (excluding diaryl/α,β-unsaturated/α-hetero) is 2. The average Bonchev–Trinajstić information content (AvgIpc) is 2.43. The Bertz CT molecular complexity index is 377. The van der Waals surface area contributed by atoms with Gasteiger partial charge in [0.05, 0.1) is 5.71 Å². The second-order valence-corrected chi connectivity index (χ2v) is 6.95. The van der Waals surface area contributed by atoms with E-state index in [0.29, 0.717) is 36.8 Å². The maximum absolute atomic E-state index is 12.4. The molecule has 5 heteroatoms. The Morgan fingerprint density at radius 3 is 2.43 bits per heavy atom. The largest absolute Gasteiger partial charge is 0.396 e. The summed E-state index contributed by atoms with van der Waals surface area (Å²) in [7, 11) is 0. The first kappa shape index (κ1) is 18.2. The van der Waals surface area contributed by atoms with E-state index in [1.54, 1.807) is 11.8 Å². The number of carbonyl (C=O) groups is 2. The normalized spacial score (nSPS) is 25.0. The number of rotatable bonds is 8. The maximum atomic E-state index is 12.4. The molecule has 0 amide bonds. The first-order valence-electron chi connectivity index (χ1n) is 7.80. The van der Waals surface area contributed by atoms with Gasteiger partial charge in [-0.1, -0.05) is 25.4 Å². The summed E-state index contributed by atoms with van der Waals surface area (Å²) >= 11 is 1.78. The summed E-state index contributed by atoms with van der Waals surface area (Å²) in [6.07, 6.45) is 5.49. The van der Waals surface area contributed by atoms with E-state index in [9.17, 15) is 9.59 Å². The second-order valence-electron chi connectivity index (χ2n) is 5.67. The topological polar surface area (TPSA) is 55.7 Å². The van der Waals surface area contributed by atoms with Crippen LogP contribution in [0.25, 0.3) is 0 Å². The molecule has 0 aliphatic heterocycles. The van der Waals surface area contributed by atoms with Crippen LogP contribution in [-0.2, 0) is 14.4 Å². The molecule has 21 heavy (non-hydrogen) atoms. The van der Waals surface area contributed by atoms with Crippen LogP contribution in [0.3, 0.4) is 0 Å². The molecule has 1 atom stereocenters. The lowest BCUT2D eigenvalue weighted by atomic mass is 9.75. The molecular formula is C16H27NO3S. The average molecular weight is 313 g/mol. The van der Waals surface area contributed by atoms with Crippen molar-refractivity contribution in [2.75, 3.05) is 12.9 Å². The molecule has 0 aromatic heterocycles. The number of carbonyl (C=O) groups excluding carboxylic acids is 2. The number of hydrogen-bond donors (Lipinski definition) is 0. The van der Waals surface area contributed by atoms with Gasteiger partial charge in [-0.3, -0.25) is 9.59 Å². The molecule has 0 radical (unpaired) electrons. The fourth-order valence-electron chi connectivity index (χ4n) is 2.81. The minimum Gasteiger partial charge on any atom is -0.396 e. The van der Waals surface area contributed by atoms with E-state index in [-0.39, 0.29) is 17.5 Å². The number of ketones is 2. The zero-order valence-corrected chi connectivity index (χ0v) is 14.4. The molecule has 120 valence electrons. The van der Waals surface area contributed by atoms with Crippen LogP contribution in [0.5, 0.6) is 0 Å². The highest BCUT2D eigenvalue weighted by Crippen LogP contribution is 2.30. The zero-order chi connectivity index (χ0) is 15.8. The molecule has 0 heterocycles. The standard InChI is InChI=1S/C16H27NO3S/c1-5-7-13(17-20-6-2)16-14(18)9-12(10-15(16)19)8-11(3)21-4/h11-12,16H,5-10H2,1-4H3. The third kappa shape index (κ3) is 5.46. The molecular weight excluding hydrogens is 286 g/mol. The van der Waals surface area contributed by atoms with Crippen LogP contribution in [0, 0.1) is 11.8 Å². The van der Waals surface area contributed by atoms with Crippen molar-refractivity contribution in [3.63, 3.8) is 0 Å². The summed E-state index contributed by atoms with van der Waals surface area (Å²) in [6, 6.07) is 0. The molecule has 1 unspecified atom stereocenters. The van der Waals surface area contributed by atoms with Gasteiger partial charge >= 0.3 is 0 Å². The van der Waals surface area contributed by atoms with Crippen LogP contribution in [0.1, 0.15) is 52.9 Å². The summed E-state index contributed by atoms with van der Waals surface area (Å²) in [5, 5.41) is 4.51. The van der Waals surface area contributed by atoms with Crippen molar-refractivity contribution in [2.24, 2.45) is 17.0 Å². The number of oxime groups is 1. The Labute approximate surface area is 132 Å². The Balaban J connectivity index is 2.77. The summed E-state index contributed by atoms with van der Waals surface area (Å²) in [4.78, 5) is 29.9. The van der Waals surface area contributed by atoms with Crippen molar-refractivity contribution in [2.45, 2.75) is 58.1 Å². The van der Waals surface area contributed by atoms with E-state index in [1.807, 2.05) is 13.8 Å². The van der Waals surface area contributed by atoms with Gasteiger partial charge in [-0.25, -0.2) is 0 Å². The van der Waals surface area contributed by atoms with Crippen molar-refractivity contribution in [1.29, 1.82) is 0 Å². The highest BCUT2D eigenvalue weighted by molar-refractivity contribution is 7.99. The maximum Gasteiger partial charge on any atom is 0.149 e. The lowest BCUT2D eigenvalue weighted by Crippen LogP contribution is -2.39. The van der Waals surface area contributed by atoms with E-state index < -0.39 is 5.92 Å². The summed E-state index contributed by atoms with van der Waals surface area (Å²) < 4.78 is 0. The summed E-state index contributed by atoms with van der Waals surface area (Å²) in [6.45, 7) is 6.46. The molecule has 0 aromatic rings. The second kappa shape index (κ2) is 9.23.